The minimum atomic E-state index is -3.93. The van der Waals surface area contributed by atoms with Crippen LogP contribution in [0.5, 0.6) is 0 Å². The largest absolute Gasteiger partial charge is 0.466 e. The van der Waals surface area contributed by atoms with Gasteiger partial charge < -0.3 is 14.5 Å². The lowest BCUT2D eigenvalue weighted by Crippen LogP contribution is -2.53. The molecule has 38 heavy (non-hydrogen) atoms. The predicted octanol–water partition coefficient (Wildman–Crippen LogP) is 3.64. The maximum Gasteiger partial charge on any atom is 0.305 e. The molecule has 2 aliphatic rings. The van der Waals surface area contributed by atoms with E-state index in [9.17, 15) is 13.2 Å². The normalized spacial score (nSPS) is 15.1. The van der Waals surface area contributed by atoms with E-state index in [0.717, 1.165) is 51.7 Å². The molecule has 0 amide bonds. The van der Waals surface area contributed by atoms with E-state index >= 15 is 0 Å². The van der Waals surface area contributed by atoms with Crippen LogP contribution < -0.4 is 20.2 Å². The van der Waals surface area contributed by atoms with Crippen LogP contribution in [-0.4, -0.2) is 65.6 Å². The Labute approximate surface area is 228 Å². The van der Waals surface area contributed by atoms with Crippen LogP contribution in [0.3, 0.4) is 0 Å². The Morgan fingerprint density at radius 1 is 0.895 bits per heavy atom. The summed E-state index contributed by atoms with van der Waals surface area (Å²) in [5, 5.41) is 2.79. The fourth-order valence-corrected chi connectivity index (χ4v) is 8.54. The summed E-state index contributed by atoms with van der Waals surface area (Å²) in [5.41, 5.74) is 5.31. The summed E-state index contributed by atoms with van der Waals surface area (Å²) in [6, 6.07) is 13.9. The molecule has 9 heteroatoms. The smallest absolute Gasteiger partial charge is 0.305 e. The number of anilines is 2. The van der Waals surface area contributed by atoms with Crippen LogP contribution in [0.2, 0.25) is 13.1 Å². The molecule has 0 unspecified atom stereocenters. The van der Waals surface area contributed by atoms with Gasteiger partial charge in [0.2, 0.25) is 0 Å². The molecule has 2 aliphatic heterocycles. The fourth-order valence-electron chi connectivity index (χ4n) is 5.72. The van der Waals surface area contributed by atoms with Crippen molar-refractivity contribution in [3.05, 3.63) is 47.5 Å². The molecule has 0 aliphatic carbocycles. The summed E-state index contributed by atoms with van der Waals surface area (Å²) < 4.78 is 36.4. The molecule has 208 valence electrons. The molecule has 0 radical (unpaired) electrons. The number of carbonyl (C=O) groups excluding carboxylic acids is 1. The van der Waals surface area contributed by atoms with E-state index < -0.39 is 18.2 Å². The summed E-state index contributed by atoms with van der Waals surface area (Å²) in [7, 11) is -5.89. The summed E-state index contributed by atoms with van der Waals surface area (Å²) >= 11 is 0. The van der Waals surface area contributed by atoms with Crippen molar-refractivity contribution in [1.82, 2.24) is 0 Å². The monoisotopic (exact) mass is 558 g/mol. The lowest BCUT2D eigenvalue weighted by atomic mass is 10.1. The number of hydrogen-bond acceptors (Lipinski definition) is 6. The van der Waals surface area contributed by atoms with Crippen molar-refractivity contribution < 1.29 is 22.5 Å². The van der Waals surface area contributed by atoms with Crippen LogP contribution in [0.1, 0.15) is 50.2 Å². The lowest BCUT2D eigenvalue weighted by Gasteiger charge is -2.28. The zero-order valence-electron chi connectivity index (χ0n) is 23.0. The molecule has 0 fully saturated rings. The average molecular weight is 559 g/mol. The topological polar surface area (TPSA) is 87.2 Å². The number of rotatable bonds is 13. The Hall–Kier alpha value is -2.36. The van der Waals surface area contributed by atoms with E-state index in [1.54, 1.807) is 0 Å². The van der Waals surface area contributed by atoms with Crippen LogP contribution in [0.25, 0.3) is 0 Å². The minimum absolute atomic E-state index is 0.0939. The van der Waals surface area contributed by atoms with Gasteiger partial charge in [0, 0.05) is 44.0 Å². The molecule has 2 aromatic rings. The second kappa shape index (κ2) is 12.2. The Bertz CT molecular complexity index is 1250. The molecule has 1 N–H and O–H groups in total. The van der Waals surface area contributed by atoms with Gasteiger partial charge in [-0.3, -0.25) is 9.35 Å². The maximum atomic E-state index is 11.6. The molecule has 0 bridgehead atoms. The highest BCUT2D eigenvalue weighted by molar-refractivity contribution is 7.85. The number of hydrogen-bond donors (Lipinski definition) is 1. The number of fused-ring (bicyclic) bond motifs is 2. The first-order valence-electron chi connectivity index (χ1n) is 14.0. The number of benzene rings is 2. The molecule has 0 spiro atoms. The van der Waals surface area contributed by atoms with Crippen molar-refractivity contribution in [2.75, 3.05) is 48.3 Å². The van der Waals surface area contributed by atoms with Gasteiger partial charge in [0.05, 0.1) is 12.4 Å². The van der Waals surface area contributed by atoms with E-state index in [1.165, 1.54) is 32.9 Å². The van der Waals surface area contributed by atoms with Gasteiger partial charge in [-0.15, -0.1) is 0 Å². The highest BCUT2D eigenvalue weighted by Crippen LogP contribution is 2.30. The summed E-state index contributed by atoms with van der Waals surface area (Å²) in [5.74, 6) is -0.292. The van der Waals surface area contributed by atoms with Crippen molar-refractivity contribution in [1.29, 1.82) is 0 Å². The molecule has 0 saturated heterocycles. The van der Waals surface area contributed by atoms with Gasteiger partial charge in [-0.25, -0.2) is 0 Å². The van der Waals surface area contributed by atoms with E-state index in [-0.39, 0.29) is 11.7 Å². The van der Waals surface area contributed by atoms with Crippen LogP contribution in [-0.2, 0) is 32.5 Å². The summed E-state index contributed by atoms with van der Waals surface area (Å²) in [6.07, 6.45) is 5.96. The molecule has 0 atom stereocenters. The first kappa shape index (κ1) is 28.6. The highest BCUT2D eigenvalue weighted by atomic mass is 32.2. The first-order chi connectivity index (χ1) is 18.1. The van der Waals surface area contributed by atoms with Crippen molar-refractivity contribution in [3.63, 3.8) is 0 Å². The van der Waals surface area contributed by atoms with Gasteiger partial charge in [0.15, 0.2) is 0 Å². The number of esters is 1. The zero-order valence-corrected chi connectivity index (χ0v) is 24.9. The van der Waals surface area contributed by atoms with Crippen LogP contribution in [0, 0.1) is 0 Å². The van der Waals surface area contributed by atoms with Crippen molar-refractivity contribution in [2.24, 2.45) is 0 Å². The van der Waals surface area contributed by atoms with Gasteiger partial charge in [0.25, 0.3) is 10.1 Å². The van der Waals surface area contributed by atoms with Gasteiger partial charge in [-0.2, -0.15) is 8.42 Å². The highest BCUT2D eigenvalue weighted by Gasteiger charge is 2.31. The third-order valence-electron chi connectivity index (χ3n) is 8.04. The van der Waals surface area contributed by atoms with Crippen LogP contribution in [0.15, 0.2) is 36.4 Å². The molecule has 4 rings (SSSR count). The third kappa shape index (κ3) is 6.98. The maximum absolute atomic E-state index is 11.6. The quantitative estimate of drug-likeness (QED) is 0.174. The standard InChI is InChI=1S/C29H42N2O5SSi/c1-4-36-29(32)9-6-5-7-16-30-18-14-23-10-12-25(21-27(23)30)38(2,3)26-13-11-24-15-19-31(28(24)22-26)17-8-20-37(33,34)35/h10-13,21-22H,4-9,14-20H2,1-3H3,(H,33,34,35). The van der Waals surface area contributed by atoms with Crippen molar-refractivity contribution >= 4 is 45.9 Å². The van der Waals surface area contributed by atoms with Gasteiger partial charge in [0.1, 0.15) is 8.07 Å². The Morgan fingerprint density at radius 3 is 1.97 bits per heavy atom. The summed E-state index contributed by atoms with van der Waals surface area (Å²) in [6.45, 7) is 10.7. The Balaban J connectivity index is 1.43. The van der Waals surface area contributed by atoms with Gasteiger partial charge in [-0.1, -0.05) is 54.2 Å². The van der Waals surface area contributed by atoms with E-state index in [2.05, 4.69) is 59.3 Å². The van der Waals surface area contributed by atoms with E-state index in [1.807, 2.05) is 6.92 Å². The SMILES string of the molecule is CCOC(=O)CCCCCN1CCc2ccc([Si](C)(C)c3ccc4c(c3)N(CCCS(=O)(=O)O)CC4)cc21. The Morgan fingerprint density at radius 2 is 1.45 bits per heavy atom. The lowest BCUT2D eigenvalue weighted by molar-refractivity contribution is -0.143. The van der Waals surface area contributed by atoms with Crippen LogP contribution >= 0.6 is 0 Å². The van der Waals surface area contributed by atoms with E-state index in [4.69, 9.17) is 9.29 Å². The van der Waals surface area contributed by atoms with E-state index in [0.29, 0.717) is 26.0 Å². The molecule has 7 nitrogen and oxygen atoms in total. The molecule has 2 aromatic carbocycles. The second-order valence-electron chi connectivity index (χ2n) is 11.0. The summed E-state index contributed by atoms with van der Waals surface area (Å²) in [4.78, 5) is 16.3. The number of carbonyl (C=O) groups is 1. The predicted molar refractivity (Wildman–Crippen MR) is 158 cm³/mol. The van der Waals surface area contributed by atoms with Crippen molar-refractivity contribution in [3.8, 4) is 0 Å². The number of nitrogens with zero attached hydrogens (tertiary/aromatic N) is 2. The van der Waals surface area contributed by atoms with Gasteiger partial charge >= 0.3 is 5.97 Å². The number of unbranched alkanes of at least 4 members (excludes halogenated alkanes) is 2. The zero-order chi connectivity index (χ0) is 27.3. The molecular formula is C29H42N2O5SSi. The molecule has 0 saturated carbocycles. The Kier molecular flexibility index (Phi) is 9.21. The molecule has 0 aromatic heterocycles. The second-order valence-corrected chi connectivity index (χ2v) is 17.0. The van der Waals surface area contributed by atoms with Crippen LogP contribution in [0.4, 0.5) is 11.4 Å². The van der Waals surface area contributed by atoms with Crippen molar-refractivity contribution in [2.45, 2.75) is 65.0 Å². The molecule has 2 heterocycles. The molecular weight excluding hydrogens is 516 g/mol. The third-order valence-corrected chi connectivity index (χ3v) is 12.4. The number of ether oxygens (including phenoxy) is 1. The van der Waals surface area contributed by atoms with Gasteiger partial charge in [-0.05, 0) is 62.3 Å². The minimum Gasteiger partial charge on any atom is -0.466 e. The average Bonchev–Trinajstić information content (AvgIpc) is 3.46. The first-order valence-corrected chi connectivity index (χ1v) is 18.6. The fraction of sp³-hybridized carbons (Fsp3) is 0.552.